The molecular formula is C14H18N4OS. The summed E-state index contributed by atoms with van der Waals surface area (Å²) in [5.41, 5.74) is 1.03. The second-order valence-corrected chi connectivity index (χ2v) is 5.34. The molecule has 1 N–H and O–H groups in total. The van der Waals surface area contributed by atoms with E-state index in [1.165, 1.54) is 0 Å². The monoisotopic (exact) mass is 290 g/mol. The SMILES string of the molecule is CN(c1n[nH]c(=S)n1-c1ccccc1)C1CCOCC1. The quantitative estimate of drug-likeness (QED) is 0.883. The van der Waals surface area contributed by atoms with Crippen molar-refractivity contribution in [1.82, 2.24) is 14.8 Å². The van der Waals surface area contributed by atoms with E-state index in [4.69, 9.17) is 17.0 Å². The van der Waals surface area contributed by atoms with E-state index in [1.54, 1.807) is 0 Å². The van der Waals surface area contributed by atoms with Gasteiger partial charge in [-0.1, -0.05) is 18.2 Å². The van der Waals surface area contributed by atoms with Crippen LogP contribution >= 0.6 is 12.2 Å². The van der Waals surface area contributed by atoms with E-state index >= 15 is 0 Å². The Morgan fingerprint density at radius 3 is 2.70 bits per heavy atom. The second kappa shape index (κ2) is 5.76. The highest BCUT2D eigenvalue weighted by Gasteiger charge is 2.23. The molecule has 0 aliphatic carbocycles. The molecule has 0 radical (unpaired) electrons. The van der Waals surface area contributed by atoms with Gasteiger partial charge in [-0.05, 0) is 37.2 Å². The van der Waals surface area contributed by atoms with Crippen LogP contribution < -0.4 is 4.90 Å². The number of hydrogen-bond acceptors (Lipinski definition) is 4. The van der Waals surface area contributed by atoms with Crippen molar-refractivity contribution in [2.75, 3.05) is 25.2 Å². The van der Waals surface area contributed by atoms with Crippen LogP contribution in [-0.4, -0.2) is 41.1 Å². The van der Waals surface area contributed by atoms with Crippen molar-refractivity contribution in [3.63, 3.8) is 0 Å². The molecule has 0 spiro atoms. The van der Waals surface area contributed by atoms with E-state index in [1.807, 2.05) is 34.9 Å². The van der Waals surface area contributed by atoms with Crippen molar-refractivity contribution in [2.24, 2.45) is 0 Å². The summed E-state index contributed by atoms with van der Waals surface area (Å²) >= 11 is 5.37. The first-order valence-corrected chi connectivity index (χ1v) is 7.21. The predicted molar refractivity (Wildman–Crippen MR) is 81.0 cm³/mol. The number of rotatable bonds is 3. The molecule has 0 bridgehead atoms. The lowest BCUT2D eigenvalue weighted by Crippen LogP contribution is -2.38. The van der Waals surface area contributed by atoms with Crippen LogP contribution in [0.25, 0.3) is 5.69 Å². The van der Waals surface area contributed by atoms with Gasteiger partial charge in [-0.3, -0.25) is 4.57 Å². The second-order valence-electron chi connectivity index (χ2n) is 4.95. The van der Waals surface area contributed by atoms with Crippen molar-refractivity contribution in [2.45, 2.75) is 18.9 Å². The number of aromatic amines is 1. The zero-order valence-electron chi connectivity index (χ0n) is 11.5. The number of para-hydroxylation sites is 1. The van der Waals surface area contributed by atoms with Crippen LogP contribution in [0.4, 0.5) is 5.95 Å². The number of hydrogen-bond donors (Lipinski definition) is 1. The Hall–Kier alpha value is -1.66. The van der Waals surface area contributed by atoms with Gasteiger partial charge in [0.2, 0.25) is 10.7 Å². The van der Waals surface area contributed by atoms with Gasteiger partial charge in [0.1, 0.15) is 0 Å². The molecule has 5 nitrogen and oxygen atoms in total. The minimum atomic E-state index is 0.441. The van der Waals surface area contributed by atoms with Crippen LogP contribution in [0, 0.1) is 4.77 Å². The van der Waals surface area contributed by atoms with E-state index in [-0.39, 0.29) is 0 Å². The van der Waals surface area contributed by atoms with E-state index < -0.39 is 0 Å². The average Bonchev–Trinajstić information content (AvgIpc) is 2.90. The Balaban J connectivity index is 1.96. The molecule has 1 saturated heterocycles. The lowest BCUT2D eigenvalue weighted by Gasteiger charge is -2.31. The molecule has 1 fully saturated rings. The Bertz CT molecular complexity index is 616. The minimum absolute atomic E-state index is 0.441. The maximum atomic E-state index is 5.42. The van der Waals surface area contributed by atoms with Crippen molar-refractivity contribution in [3.05, 3.63) is 35.1 Å². The molecule has 0 amide bonds. The van der Waals surface area contributed by atoms with Crippen molar-refractivity contribution < 1.29 is 4.74 Å². The zero-order chi connectivity index (χ0) is 13.9. The zero-order valence-corrected chi connectivity index (χ0v) is 12.3. The summed E-state index contributed by atoms with van der Waals surface area (Å²) in [4.78, 5) is 2.20. The lowest BCUT2D eigenvalue weighted by molar-refractivity contribution is 0.0851. The number of nitrogens with one attached hydrogen (secondary N) is 1. The third-order valence-corrected chi connectivity index (χ3v) is 4.00. The van der Waals surface area contributed by atoms with Gasteiger partial charge in [-0.15, -0.1) is 5.10 Å². The molecule has 20 heavy (non-hydrogen) atoms. The molecule has 0 saturated carbocycles. The van der Waals surface area contributed by atoms with Gasteiger partial charge in [0.25, 0.3) is 0 Å². The topological polar surface area (TPSA) is 46.1 Å². The molecule has 3 rings (SSSR count). The highest BCUT2D eigenvalue weighted by Crippen LogP contribution is 2.22. The molecule has 1 aliphatic heterocycles. The lowest BCUT2D eigenvalue weighted by atomic mass is 10.1. The van der Waals surface area contributed by atoms with Crippen LogP contribution in [0.15, 0.2) is 30.3 Å². The fourth-order valence-corrected chi connectivity index (χ4v) is 2.80. The van der Waals surface area contributed by atoms with Gasteiger partial charge in [-0.25, -0.2) is 5.10 Å². The summed E-state index contributed by atoms with van der Waals surface area (Å²) < 4.78 is 8.02. The van der Waals surface area contributed by atoms with Crippen molar-refractivity contribution in [3.8, 4) is 5.69 Å². The van der Waals surface area contributed by atoms with Crippen LogP contribution in [0.5, 0.6) is 0 Å². The smallest absolute Gasteiger partial charge is 0.230 e. The average molecular weight is 290 g/mol. The highest BCUT2D eigenvalue weighted by atomic mass is 32.1. The van der Waals surface area contributed by atoms with E-state index in [0.29, 0.717) is 10.8 Å². The Kier molecular flexibility index (Phi) is 3.84. The fourth-order valence-electron chi connectivity index (χ4n) is 2.57. The fraction of sp³-hybridized carbons (Fsp3) is 0.429. The van der Waals surface area contributed by atoms with Crippen LogP contribution in [-0.2, 0) is 4.74 Å². The van der Waals surface area contributed by atoms with Gasteiger partial charge in [0, 0.05) is 26.3 Å². The van der Waals surface area contributed by atoms with Gasteiger partial charge >= 0.3 is 0 Å². The number of aromatic nitrogens is 3. The molecule has 2 aromatic rings. The number of ether oxygens (including phenoxy) is 1. The number of anilines is 1. The van der Waals surface area contributed by atoms with E-state index in [2.05, 4.69) is 22.1 Å². The van der Waals surface area contributed by atoms with E-state index in [9.17, 15) is 0 Å². The maximum Gasteiger partial charge on any atom is 0.230 e. The molecule has 0 unspecified atom stereocenters. The third-order valence-electron chi connectivity index (χ3n) is 3.72. The largest absolute Gasteiger partial charge is 0.381 e. The summed E-state index contributed by atoms with van der Waals surface area (Å²) in [6.45, 7) is 1.62. The van der Waals surface area contributed by atoms with Crippen LogP contribution in [0.1, 0.15) is 12.8 Å². The third kappa shape index (κ3) is 2.48. The van der Waals surface area contributed by atoms with E-state index in [0.717, 1.165) is 37.7 Å². The summed E-state index contributed by atoms with van der Waals surface area (Å²) in [6.07, 6.45) is 2.04. The van der Waals surface area contributed by atoms with Gasteiger partial charge < -0.3 is 9.64 Å². The van der Waals surface area contributed by atoms with Crippen molar-refractivity contribution >= 4 is 18.2 Å². The maximum absolute atomic E-state index is 5.42. The molecule has 2 heterocycles. The minimum Gasteiger partial charge on any atom is -0.381 e. The molecule has 106 valence electrons. The Labute approximate surface area is 123 Å². The summed E-state index contributed by atoms with van der Waals surface area (Å²) in [6, 6.07) is 10.5. The summed E-state index contributed by atoms with van der Waals surface area (Å²) in [7, 11) is 2.07. The first kappa shape index (κ1) is 13.3. The van der Waals surface area contributed by atoms with Crippen LogP contribution in [0.3, 0.4) is 0 Å². The molecule has 1 aromatic heterocycles. The molecular weight excluding hydrogens is 272 g/mol. The molecule has 0 atom stereocenters. The Morgan fingerprint density at radius 1 is 1.30 bits per heavy atom. The standard InChI is InChI=1S/C14H18N4OS/c1-17(11-7-9-19-10-8-11)13-15-16-14(20)18(13)12-5-3-2-4-6-12/h2-6,11H,7-10H2,1H3,(H,16,20). The molecule has 6 heteroatoms. The van der Waals surface area contributed by atoms with Gasteiger partial charge in [-0.2, -0.15) is 0 Å². The predicted octanol–water partition coefficient (Wildman–Crippen LogP) is 2.55. The summed E-state index contributed by atoms with van der Waals surface area (Å²) in [5, 5.41) is 7.30. The molecule has 1 aliphatic rings. The van der Waals surface area contributed by atoms with Gasteiger partial charge in [0.15, 0.2) is 0 Å². The highest BCUT2D eigenvalue weighted by molar-refractivity contribution is 7.71. The molecule has 1 aromatic carbocycles. The number of H-pyrrole nitrogens is 1. The first-order chi connectivity index (χ1) is 9.77. The normalized spacial score (nSPS) is 16.2. The first-order valence-electron chi connectivity index (χ1n) is 6.81. The van der Waals surface area contributed by atoms with Crippen molar-refractivity contribution in [1.29, 1.82) is 0 Å². The Morgan fingerprint density at radius 2 is 2.00 bits per heavy atom. The number of benzene rings is 1. The summed E-state index contributed by atoms with van der Waals surface area (Å²) in [5.74, 6) is 0.855. The van der Waals surface area contributed by atoms with Gasteiger partial charge in [0.05, 0.1) is 5.69 Å². The number of nitrogens with zero attached hydrogens (tertiary/aromatic N) is 3. The van der Waals surface area contributed by atoms with Crippen LogP contribution in [0.2, 0.25) is 0 Å².